The monoisotopic (exact) mass is 485 g/mol. The summed E-state index contributed by atoms with van der Waals surface area (Å²) in [6.45, 7) is 7.02. The Balaban J connectivity index is 2.36. The first-order valence-electron chi connectivity index (χ1n) is 8.32. The van der Waals surface area contributed by atoms with Gasteiger partial charge in [0.1, 0.15) is 0 Å². The Bertz CT molecular complexity index is 753. The van der Waals surface area contributed by atoms with E-state index in [1.165, 1.54) is 0 Å². The molecule has 26 heavy (non-hydrogen) atoms. The minimum absolute atomic E-state index is 0.260. The molecule has 0 bridgehead atoms. The van der Waals surface area contributed by atoms with Crippen LogP contribution >= 0.6 is 31.9 Å². The minimum Gasteiger partial charge on any atom is -0.490 e. The molecule has 7 heteroatoms. The molecule has 0 spiro atoms. The maximum atomic E-state index is 12.7. The van der Waals surface area contributed by atoms with E-state index in [4.69, 9.17) is 14.2 Å². The second-order valence-corrected chi connectivity index (χ2v) is 6.89. The fraction of sp³-hybridized carbons (Fsp3) is 0.316. The van der Waals surface area contributed by atoms with Crippen molar-refractivity contribution in [3.8, 4) is 17.2 Å². The van der Waals surface area contributed by atoms with Gasteiger partial charge in [0.2, 0.25) is 5.75 Å². The van der Waals surface area contributed by atoms with Crippen molar-refractivity contribution < 1.29 is 19.0 Å². The molecule has 1 N–H and O–H groups in total. The Morgan fingerprint density at radius 2 is 1.46 bits per heavy atom. The van der Waals surface area contributed by atoms with Crippen LogP contribution in [0.2, 0.25) is 0 Å². The first kappa shape index (κ1) is 20.6. The number of ether oxygens (including phenoxy) is 3. The smallest absolute Gasteiger partial charge is 0.255 e. The number of amides is 1. The molecule has 2 aromatic rings. The Morgan fingerprint density at radius 3 is 1.96 bits per heavy atom. The molecule has 0 aromatic heterocycles. The normalized spacial score (nSPS) is 10.3. The van der Waals surface area contributed by atoms with Crippen LogP contribution in [0.15, 0.2) is 39.3 Å². The van der Waals surface area contributed by atoms with Crippen LogP contribution in [0, 0.1) is 0 Å². The number of rotatable bonds is 8. The van der Waals surface area contributed by atoms with E-state index in [1.54, 1.807) is 12.1 Å². The summed E-state index contributed by atoms with van der Waals surface area (Å²) in [6, 6.07) is 8.83. The maximum Gasteiger partial charge on any atom is 0.255 e. The molecule has 0 saturated carbocycles. The number of hydrogen-bond acceptors (Lipinski definition) is 4. The highest BCUT2D eigenvalue weighted by Gasteiger charge is 2.18. The Labute approximate surface area is 170 Å². The van der Waals surface area contributed by atoms with Gasteiger partial charge in [-0.05, 0) is 83.0 Å². The van der Waals surface area contributed by atoms with E-state index in [1.807, 2.05) is 39.0 Å². The molecule has 0 aliphatic heterocycles. The van der Waals surface area contributed by atoms with Crippen LogP contribution in [0.4, 0.5) is 5.69 Å². The van der Waals surface area contributed by atoms with Crippen LogP contribution in [-0.4, -0.2) is 25.7 Å². The summed E-state index contributed by atoms with van der Waals surface area (Å²) in [4.78, 5) is 12.7. The van der Waals surface area contributed by atoms with Crippen molar-refractivity contribution in [2.24, 2.45) is 0 Å². The molecule has 0 aliphatic rings. The molecular weight excluding hydrogens is 466 g/mol. The van der Waals surface area contributed by atoms with Crippen molar-refractivity contribution in [2.45, 2.75) is 20.8 Å². The fourth-order valence-corrected chi connectivity index (χ4v) is 2.92. The molecule has 0 atom stereocenters. The number of carbonyl (C=O) groups is 1. The van der Waals surface area contributed by atoms with E-state index in [2.05, 4.69) is 37.2 Å². The number of hydrogen-bond donors (Lipinski definition) is 1. The van der Waals surface area contributed by atoms with Crippen LogP contribution in [0.3, 0.4) is 0 Å². The molecule has 140 valence electrons. The summed E-state index contributed by atoms with van der Waals surface area (Å²) >= 11 is 6.84. The molecule has 2 rings (SSSR count). The van der Waals surface area contributed by atoms with Gasteiger partial charge in [0.05, 0.1) is 19.8 Å². The molecule has 0 aliphatic carbocycles. The zero-order valence-corrected chi connectivity index (χ0v) is 18.1. The maximum absolute atomic E-state index is 12.7. The summed E-state index contributed by atoms with van der Waals surface area (Å²) in [7, 11) is 0. The van der Waals surface area contributed by atoms with E-state index in [-0.39, 0.29) is 5.91 Å². The van der Waals surface area contributed by atoms with E-state index < -0.39 is 0 Å². The summed E-state index contributed by atoms with van der Waals surface area (Å²) in [5.41, 5.74) is 1.11. The number of carbonyl (C=O) groups excluding carboxylic acids is 1. The van der Waals surface area contributed by atoms with E-state index in [0.29, 0.717) is 48.3 Å². The summed E-state index contributed by atoms with van der Waals surface area (Å²) in [5, 5.41) is 2.87. The second kappa shape index (κ2) is 9.83. The van der Waals surface area contributed by atoms with Crippen molar-refractivity contribution in [2.75, 3.05) is 25.1 Å². The lowest BCUT2D eigenvalue weighted by Gasteiger charge is -2.17. The van der Waals surface area contributed by atoms with Gasteiger partial charge in [-0.15, -0.1) is 0 Å². The van der Waals surface area contributed by atoms with E-state index >= 15 is 0 Å². The van der Waals surface area contributed by atoms with Crippen LogP contribution in [-0.2, 0) is 0 Å². The van der Waals surface area contributed by atoms with Crippen molar-refractivity contribution >= 4 is 43.5 Å². The van der Waals surface area contributed by atoms with Crippen molar-refractivity contribution in [3.63, 3.8) is 0 Å². The molecule has 0 heterocycles. The average Bonchev–Trinajstić information content (AvgIpc) is 2.61. The first-order valence-corrected chi connectivity index (χ1v) is 9.91. The third-order valence-electron chi connectivity index (χ3n) is 3.35. The van der Waals surface area contributed by atoms with Gasteiger partial charge in [-0.3, -0.25) is 4.79 Å². The molecule has 0 saturated heterocycles. The van der Waals surface area contributed by atoms with Crippen LogP contribution < -0.4 is 19.5 Å². The molecular formula is C19H21Br2NO4. The standard InChI is InChI=1S/C19H21Br2NO4/c1-4-24-16-9-12(10-17(25-5-2)18(16)26-6-3)19(23)22-13-7-8-14(20)15(21)11-13/h7-11H,4-6H2,1-3H3,(H,22,23). The first-order chi connectivity index (χ1) is 12.5. The van der Waals surface area contributed by atoms with Gasteiger partial charge >= 0.3 is 0 Å². The third kappa shape index (κ3) is 5.14. The molecule has 2 aromatic carbocycles. The Kier molecular flexibility index (Phi) is 7.78. The minimum atomic E-state index is -0.260. The Hall–Kier alpha value is -1.73. The predicted molar refractivity (Wildman–Crippen MR) is 110 cm³/mol. The van der Waals surface area contributed by atoms with Gasteiger partial charge in [-0.2, -0.15) is 0 Å². The van der Waals surface area contributed by atoms with Crippen molar-refractivity contribution in [3.05, 3.63) is 44.8 Å². The molecule has 5 nitrogen and oxygen atoms in total. The van der Waals surface area contributed by atoms with Crippen LogP contribution in [0.25, 0.3) is 0 Å². The third-order valence-corrected chi connectivity index (χ3v) is 5.23. The predicted octanol–water partition coefficient (Wildman–Crippen LogP) is 5.66. The van der Waals surface area contributed by atoms with Crippen LogP contribution in [0.5, 0.6) is 17.2 Å². The van der Waals surface area contributed by atoms with Gasteiger partial charge in [0.15, 0.2) is 11.5 Å². The number of nitrogens with one attached hydrogen (secondary N) is 1. The number of halogens is 2. The van der Waals surface area contributed by atoms with Crippen LogP contribution in [0.1, 0.15) is 31.1 Å². The molecule has 0 fully saturated rings. The zero-order chi connectivity index (χ0) is 19.1. The number of benzene rings is 2. The SMILES string of the molecule is CCOc1cc(C(=O)Nc2ccc(Br)c(Br)c2)cc(OCC)c1OCC. The zero-order valence-electron chi connectivity index (χ0n) is 14.9. The fourth-order valence-electron chi connectivity index (χ4n) is 2.30. The highest BCUT2D eigenvalue weighted by molar-refractivity contribution is 9.13. The summed E-state index contributed by atoms with van der Waals surface area (Å²) < 4.78 is 18.7. The Morgan fingerprint density at radius 1 is 0.885 bits per heavy atom. The second-order valence-electron chi connectivity index (χ2n) is 5.18. The average molecular weight is 487 g/mol. The van der Waals surface area contributed by atoms with Gasteiger partial charge in [0, 0.05) is 20.2 Å². The van der Waals surface area contributed by atoms with E-state index in [9.17, 15) is 4.79 Å². The molecule has 1 amide bonds. The lowest BCUT2D eigenvalue weighted by molar-refractivity contribution is 0.102. The number of anilines is 1. The van der Waals surface area contributed by atoms with E-state index in [0.717, 1.165) is 8.95 Å². The van der Waals surface area contributed by atoms with Gasteiger partial charge in [-0.1, -0.05) is 0 Å². The molecule has 0 unspecified atom stereocenters. The van der Waals surface area contributed by atoms with Gasteiger partial charge < -0.3 is 19.5 Å². The summed E-state index contributed by atoms with van der Waals surface area (Å²) in [6.07, 6.45) is 0. The lowest BCUT2D eigenvalue weighted by Crippen LogP contribution is -2.13. The van der Waals surface area contributed by atoms with Crippen molar-refractivity contribution in [1.82, 2.24) is 0 Å². The topological polar surface area (TPSA) is 56.8 Å². The van der Waals surface area contributed by atoms with Gasteiger partial charge in [0.25, 0.3) is 5.91 Å². The highest BCUT2D eigenvalue weighted by Crippen LogP contribution is 2.39. The largest absolute Gasteiger partial charge is 0.490 e. The molecule has 0 radical (unpaired) electrons. The quantitative estimate of drug-likeness (QED) is 0.523. The van der Waals surface area contributed by atoms with Crippen molar-refractivity contribution in [1.29, 1.82) is 0 Å². The highest BCUT2D eigenvalue weighted by atomic mass is 79.9. The summed E-state index contributed by atoms with van der Waals surface area (Å²) in [5.74, 6) is 1.23. The lowest BCUT2D eigenvalue weighted by atomic mass is 10.1. The van der Waals surface area contributed by atoms with Gasteiger partial charge in [-0.25, -0.2) is 0 Å².